The number of benzene rings is 2. The Morgan fingerprint density at radius 3 is 2.74 bits per heavy atom. The first-order valence-electron chi connectivity index (χ1n) is 13.5. The molecule has 0 saturated carbocycles. The van der Waals surface area contributed by atoms with Crippen LogP contribution in [0.15, 0.2) is 48.7 Å². The number of aromatic nitrogens is 3. The Morgan fingerprint density at radius 1 is 1.05 bits per heavy atom. The number of ether oxygens (including phenoxy) is 3. The predicted molar refractivity (Wildman–Crippen MR) is 147 cm³/mol. The van der Waals surface area contributed by atoms with Crippen LogP contribution in [0, 0.1) is 0 Å². The topological polar surface area (TPSA) is 92.8 Å². The molecule has 0 radical (unpaired) electrons. The second kappa shape index (κ2) is 8.98. The number of fused-ring (bicyclic) bond motifs is 3. The Bertz CT molecular complexity index is 1600. The van der Waals surface area contributed by atoms with E-state index in [9.17, 15) is 4.79 Å². The number of carbonyl (C=O) groups excluding carboxylic acids is 1. The van der Waals surface area contributed by atoms with Crippen LogP contribution in [0.2, 0.25) is 0 Å². The van der Waals surface area contributed by atoms with E-state index in [0.29, 0.717) is 55.9 Å². The summed E-state index contributed by atoms with van der Waals surface area (Å²) in [4.78, 5) is 31.8. The Hall–Kier alpha value is -4.11. The number of carbonyl (C=O) groups is 1. The van der Waals surface area contributed by atoms with Gasteiger partial charge in [-0.1, -0.05) is 12.1 Å². The summed E-state index contributed by atoms with van der Waals surface area (Å²) in [5.74, 6) is 2.73. The van der Waals surface area contributed by atoms with Crippen LogP contribution in [-0.4, -0.2) is 64.8 Å². The van der Waals surface area contributed by atoms with Crippen LogP contribution in [-0.2, 0) is 16.8 Å². The highest BCUT2D eigenvalue weighted by Crippen LogP contribution is 2.44. The van der Waals surface area contributed by atoms with Gasteiger partial charge in [-0.05, 0) is 51.1 Å². The van der Waals surface area contributed by atoms with Crippen molar-refractivity contribution in [2.75, 3.05) is 37.9 Å². The van der Waals surface area contributed by atoms with Crippen molar-refractivity contribution in [3.8, 4) is 22.9 Å². The van der Waals surface area contributed by atoms with Crippen molar-refractivity contribution in [1.82, 2.24) is 19.9 Å². The fourth-order valence-corrected chi connectivity index (χ4v) is 5.95. The second-order valence-electron chi connectivity index (χ2n) is 10.9. The van der Waals surface area contributed by atoms with Gasteiger partial charge in [-0.25, -0.2) is 9.97 Å². The molecule has 3 aliphatic rings. The van der Waals surface area contributed by atoms with Gasteiger partial charge in [-0.2, -0.15) is 0 Å². The summed E-state index contributed by atoms with van der Waals surface area (Å²) in [6.45, 7) is 9.67. The van der Waals surface area contributed by atoms with Crippen LogP contribution in [0.5, 0.6) is 11.5 Å². The molecular formula is C30H31N5O4. The normalized spacial score (nSPS) is 19.8. The zero-order valence-corrected chi connectivity index (χ0v) is 22.4. The van der Waals surface area contributed by atoms with Gasteiger partial charge in [0.1, 0.15) is 19.0 Å². The fraction of sp³-hybridized carbons (Fsp3) is 0.367. The maximum absolute atomic E-state index is 14.0. The van der Waals surface area contributed by atoms with Crippen LogP contribution in [0.25, 0.3) is 22.3 Å². The number of rotatable bonds is 3. The van der Waals surface area contributed by atoms with Crippen molar-refractivity contribution in [3.63, 3.8) is 0 Å². The van der Waals surface area contributed by atoms with Crippen LogP contribution in [0.3, 0.4) is 0 Å². The largest absolute Gasteiger partial charge is 0.486 e. The third-order valence-electron chi connectivity index (χ3n) is 8.07. The number of nitrogens with zero attached hydrogens (tertiary/aromatic N) is 4. The fourth-order valence-electron chi connectivity index (χ4n) is 5.95. The molecule has 39 heavy (non-hydrogen) atoms. The van der Waals surface area contributed by atoms with Gasteiger partial charge in [0.25, 0.3) is 5.91 Å². The average Bonchev–Trinajstić information content (AvgIpc) is 3.54. The Kier molecular flexibility index (Phi) is 5.52. The zero-order valence-electron chi connectivity index (χ0n) is 22.4. The average molecular weight is 526 g/mol. The standard InChI is InChI=1S/C30H31N5O4/c1-18-17-37-12-11-34(18)28-22-16-35(29(36)19-7-8-24-25(15-19)39-14-13-38-24)30(2,3)26(22)32-27(33-28)21-5-4-6-23-20(21)9-10-31-23/h4-10,15,18,31H,11-14,16-17H2,1-3H3/t18-/m1/s1. The minimum absolute atomic E-state index is 0.0785. The van der Waals surface area contributed by atoms with Crippen LogP contribution >= 0.6 is 0 Å². The highest BCUT2D eigenvalue weighted by Gasteiger charge is 2.45. The molecule has 4 aromatic rings. The van der Waals surface area contributed by atoms with E-state index in [-0.39, 0.29) is 11.9 Å². The molecule has 2 aromatic heterocycles. The Balaban J connectivity index is 1.35. The van der Waals surface area contributed by atoms with Crippen molar-refractivity contribution in [2.24, 2.45) is 0 Å². The summed E-state index contributed by atoms with van der Waals surface area (Å²) < 4.78 is 17.2. The minimum atomic E-state index is -0.659. The number of hydrogen-bond donors (Lipinski definition) is 1. The minimum Gasteiger partial charge on any atom is -0.486 e. The summed E-state index contributed by atoms with van der Waals surface area (Å²) in [6, 6.07) is 13.7. The van der Waals surface area contributed by atoms with Crippen molar-refractivity contribution in [1.29, 1.82) is 0 Å². The quantitative estimate of drug-likeness (QED) is 0.421. The molecule has 1 atom stereocenters. The first-order chi connectivity index (χ1) is 18.9. The van der Waals surface area contributed by atoms with Crippen molar-refractivity contribution >= 4 is 22.6 Å². The molecule has 3 aliphatic heterocycles. The molecule has 0 aliphatic carbocycles. The summed E-state index contributed by atoms with van der Waals surface area (Å²) in [5.41, 5.74) is 3.77. The number of morpholine rings is 1. The molecule has 1 amide bonds. The number of amides is 1. The Labute approximate surface area is 226 Å². The van der Waals surface area contributed by atoms with Crippen LogP contribution < -0.4 is 14.4 Å². The number of H-pyrrole nitrogens is 1. The van der Waals surface area contributed by atoms with Gasteiger partial charge < -0.3 is 29.0 Å². The van der Waals surface area contributed by atoms with E-state index < -0.39 is 5.54 Å². The molecule has 0 unspecified atom stereocenters. The van der Waals surface area contributed by atoms with E-state index in [4.69, 9.17) is 24.2 Å². The zero-order chi connectivity index (χ0) is 26.7. The van der Waals surface area contributed by atoms with E-state index in [1.165, 1.54) is 0 Å². The monoisotopic (exact) mass is 525 g/mol. The van der Waals surface area contributed by atoms with Gasteiger partial charge in [0.05, 0.1) is 37.0 Å². The highest BCUT2D eigenvalue weighted by molar-refractivity contribution is 5.96. The molecular weight excluding hydrogens is 494 g/mol. The van der Waals surface area contributed by atoms with E-state index in [2.05, 4.69) is 48.9 Å². The molecule has 0 bridgehead atoms. The molecule has 0 spiro atoms. The summed E-state index contributed by atoms with van der Waals surface area (Å²) >= 11 is 0. The van der Waals surface area contributed by atoms with Crippen molar-refractivity contribution in [2.45, 2.75) is 38.9 Å². The number of hydrogen-bond acceptors (Lipinski definition) is 7. The van der Waals surface area contributed by atoms with Gasteiger partial charge in [-0.15, -0.1) is 0 Å². The second-order valence-corrected chi connectivity index (χ2v) is 10.9. The molecule has 5 heterocycles. The van der Waals surface area contributed by atoms with Gasteiger partial charge in [0.15, 0.2) is 17.3 Å². The lowest BCUT2D eigenvalue weighted by Crippen LogP contribution is -2.44. The molecule has 200 valence electrons. The maximum atomic E-state index is 14.0. The summed E-state index contributed by atoms with van der Waals surface area (Å²) in [7, 11) is 0. The third kappa shape index (κ3) is 3.83. The number of nitrogens with one attached hydrogen (secondary N) is 1. The van der Waals surface area contributed by atoms with E-state index in [0.717, 1.165) is 40.1 Å². The third-order valence-corrected chi connectivity index (χ3v) is 8.07. The van der Waals surface area contributed by atoms with E-state index in [1.807, 2.05) is 29.3 Å². The maximum Gasteiger partial charge on any atom is 0.255 e. The van der Waals surface area contributed by atoms with Gasteiger partial charge >= 0.3 is 0 Å². The number of anilines is 1. The number of aromatic amines is 1. The highest BCUT2D eigenvalue weighted by atomic mass is 16.6. The SMILES string of the molecule is C[C@@H]1COCCN1c1nc(-c2cccc3[nH]ccc23)nc2c1CN(C(=O)c1ccc3c(c1)OCCO3)C2(C)C. The molecule has 9 heteroatoms. The first kappa shape index (κ1) is 24.0. The van der Waals surface area contributed by atoms with Crippen molar-refractivity contribution in [3.05, 3.63) is 65.5 Å². The molecule has 1 N–H and O–H groups in total. The van der Waals surface area contributed by atoms with E-state index >= 15 is 0 Å². The lowest BCUT2D eigenvalue weighted by molar-refractivity contribution is 0.0569. The lowest BCUT2D eigenvalue weighted by Gasteiger charge is -2.35. The predicted octanol–water partition coefficient (Wildman–Crippen LogP) is 4.51. The molecule has 1 fully saturated rings. The molecule has 2 aromatic carbocycles. The summed E-state index contributed by atoms with van der Waals surface area (Å²) in [6.07, 6.45) is 1.93. The van der Waals surface area contributed by atoms with Gasteiger partial charge in [-0.3, -0.25) is 4.79 Å². The first-order valence-corrected chi connectivity index (χ1v) is 13.5. The smallest absolute Gasteiger partial charge is 0.255 e. The van der Waals surface area contributed by atoms with E-state index in [1.54, 1.807) is 6.07 Å². The van der Waals surface area contributed by atoms with Gasteiger partial charge in [0.2, 0.25) is 0 Å². The summed E-state index contributed by atoms with van der Waals surface area (Å²) in [5, 5.41) is 1.07. The Morgan fingerprint density at radius 2 is 1.90 bits per heavy atom. The van der Waals surface area contributed by atoms with Gasteiger partial charge in [0, 0.05) is 40.3 Å². The van der Waals surface area contributed by atoms with Crippen LogP contribution in [0.1, 0.15) is 42.4 Å². The van der Waals surface area contributed by atoms with Crippen molar-refractivity contribution < 1.29 is 19.0 Å². The lowest BCUT2D eigenvalue weighted by atomic mass is 9.98. The molecule has 9 nitrogen and oxygen atoms in total. The van der Waals surface area contributed by atoms with Crippen LogP contribution in [0.4, 0.5) is 5.82 Å². The molecule has 1 saturated heterocycles. The molecule has 7 rings (SSSR count).